The maximum absolute atomic E-state index is 13.0. The molecule has 0 aromatic heterocycles. The Morgan fingerprint density at radius 1 is 1.35 bits per heavy atom. The number of carbonyl (C=O) groups excluding carboxylic acids is 2. The third kappa shape index (κ3) is 3.67. The lowest BCUT2D eigenvalue weighted by atomic mass is 9.81. The lowest BCUT2D eigenvalue weighted by molar-refractivity contribution is -0.153. The Bertz CT molecular complexity index is 653. The van der Waals surface area contributed by atoms with E-state index in [-0.39, 0.29) is 30.2 Å². The molecule has 0 N–H and O–H groups in total. The third-order valence-corrected chi connectivity index (χ3v) is 5.13. The Morgan fingerprint density at radius 2 is 2.12 bits per heavy atom. The van der Waals surface area contributed by atoms with E-state index in [1.165, 1.54) is 7.11 Å². The van der Waals surface area contributed by atoms with Gasteiger partial charge in [-0.15, -0.1) is 12.4 Å². The number of likely N-dealkylation sites (tertiary alicyclic amines) is 1. The first-order valence-corrected chi connectivity index (χ1v) is 8.79. The molecule has 0 unspecified atom stereocenters. The number of halogens is 1. The van der Waals surface area contributed by atoms with Crippen molar-refractivity contribution >= 4 is 24.3 Å². The molecule has 0 aliphatic carbocycles. The highest BCUT2D eigenvalue weighted by Crippen LogP contribution is 2.43. The number of esters is 1. The number of hydrogen-bond acceptors (Lipinski definition) is 5. The Morgan fingerprint density at radius 3 is 2.85 bits per heavy atom. The van der Waals surface area contributed by atoms with E-state index in [4.69, 9.17) is 14.2 Å². The van der Waals surface area contributed by atoms with E-state index >= 15 is 0 Å². The zero-order valence-corrected chi connectivity index (χ0v) is 16.0. The van der Waals surface area contributed by atoms with Crippen molar-refractivity contribution in [1.82, 2.24) is 4.90 Å². The highest BCUT2D eigenvalue weighted by molar-refractivity contribution is 5.97. The van der Waals surface area contributed by atoms with Crippen LogP contribution in [0.5, 0.6) is 5.75 Å². The van der Waals surface area contributed by atoms with Gasteiger partial charge >= 0.3 is 5.97 Å². The maximum atomic E-state index is 13.0. The van der Waals surface area contributed by atoms with Crippen molar-refractivity contribution in [2.75, 3.05) is 40.0 Å². The van der Waals surface area contributed by atoms with Crippen LogP contribution in [-0.2, 0) is 14.3 Å². The molecule has 2 atom stereocenters. The van der Waals surface area contributed by atoms with Crippen molar-refractivity contribution in [2.24, 2.45) is 11.3 Å². The summed E-state index contributed by atoms with van der Waals surface area (Å²) < 4.78 is 16.3. The Labute approximate surface area is 160 Å². The molecule has 1 aromatic rings. The summed E-state index contributed by atoms with van der Waals surface area (Å²) in [5.41, 5.74) is -0.192. The van der Waals surface area contributed by atoms with Crippen LogP contribution in [0.2, 0.25) is 0 Å². The fourth-order valence-corrected chi connectivity index (χ4v) is 3.65. The van der Waals surface area contributed by atoms with Crippen LogP contribution in [0, 0.1) is 11.3 Å². The number of ether oxygens (including phenoxy) is 3. The van der Waals surface area contributed by atoms with Gasteiger partial charge in [0, 0.05) is 19.0 Å². The summed E-state index contributed by atoms with van der Waals surface area (Å²) in [6.07, 6.45) is 1.97. The normalized spacial score (nSPS) is 23.9. The van der Waals surface area contributed by atoms with E-state index in [1.54, 1.807) is 11.0 Å². The first-order valence-electron chi connectivity index (χ1n) is 8.79. The van der Waals surface area contributed by atoms with Crippen molar-refractivity contribution in [3.63, 3.8) is 0 Å². The molecular formula is C19H26ClNO5. The standard InChI is InChI=1S/C19H25NO5.ClH/c1-3-4-9-25-16-8-6-5-7-15(16)17(21)20-10-14-11-24-13-19(14,12-20)18(22)23-2;/h5-8,14H,3-4,9-13H2,1-2H3;1H/t14-,19-;/m0./s1. The van der Waals surface area contributed by atoms with Crippen molar-refractivity contribution in [1.29, 1.82) is 0 Å². The van der Waals surface area contributed by atoms with Crippen LogP contribution in [-0.4, -0.2) is 56.8 Å². The largest absolute Gasteiger partial charge is 0.493 e. The molecule has 144 valence electrons. The minimum atomic E-state index is -0.734. The zero-order chi connectivity index (χ0) is 17.9. The molecule has 0 spiro atoms. The third-order valence-electron chi connectivity index (χ3n) is 5.13. The summed E-state index contributed by atoms with van der Waals surface area (Å²) in [7, 11) is 1.38. The predicted molar refractivity (Wildman–Crippen MR) is 98.8 cm³/mol. The number of benzene rings is 1. The van der Waals surface area contributed by atoms with Gasteiger partial charge in [-0.3, -0.25) is 9.59 Å². The second-order valence-corrected chi connectivity index (χ2v) is 6.74. The van der Waals surface area contributed by atoms with E-state index in [9.17, 15) is 9.59 Å². The summed E-state index contributed by atoms with van der Waals surface area (Å²) >= 11 is 0. The molecular weight excluding hydrogens is 358 g/mol. The van der Waals surface area contributed by atoms with E-state index in [0.717, 1.165) is 12.8 Å². The van der Waals surface area contributed by atoms with Crippen LogP contribution in [0.15, 0.2) is 24.3 Å². The van der Waals surface area contributed by atoms with Crippen molar-refractivity contribution in [3.05, 3.63) is 29.8 Å². The molecule has 2 saturated heterocycles. The minimum Gasteiger partial charge on any atom is -0.493 e. The van der Waals surface area contributed by atoms with E-state index in [2.05, 4.69) is 6.92 Å². The van der Waals surface area contributed by atoms with Gasteiger partial charge in [0.05, 0.1) is 32.5 Å². The summed E-state index contributed by atoms with van der Waals surface area (Å²) in [6, 6.07) is 7.29. The molecule has 2 aliphatic heterocycles. The molecule has 1 aromatic carbocycles. The maximum Gasteiger partial charge on any atom is 0.316 e. The number of unbranched alkanes of at least 4 members (excludes halogenated alkanes) is 1. The number of amides is 1. The number of para-hydroxylation sites is 1. The van der Waals surface area contributed by atoms with Gasteiger partial charge < -0.3 is 19.1 Å². The molecule has 6 nitrogen and oxygen atoms in total. The van der Waals surface area contributed by atoms with Crippen molar-refractivity contribution in [2.45, 2.75) is 19.8 Å². The van der Waals surface area contributed by atoms with Gasteiger partial charge in [0.15, 0.2) is 0 Å². The Kier molecular flexibility index (Phi) is 6.89. The second kappa shape index (κ2) is 8.73. The van der Waals surface area contributed by atoms with Gasteiger partial charge in [-0.1, -0.05) is 25.5 Å². The fourth-order valence-electron chi connectivity index (χ4n) is 3.65. The molecule has 3 rings (SSSR count). The van der Waals surface area contributed by atoms with Crippen molar-refractivity contribution < 1.29 is 23.8 Å². The topological polar surface area (TPSA) is 65.1 Å². The number of nitrogens with zero attached hydrogens (tertiary/aromatic N) is 1. The summed E-state index contributed by atoms with van der Waals surface area (Å²) in [4.78, 5) is 27.1. The Balaban J connectivity index is 0.00000243. The van der Waals surface area contributed by atoms with Gasteiger partial charge in [0.2, 0.25) is 0 Å². The molecule has 2 heterocycles. The molecule has 0 radical (unpaired) electrons. The van der Waals surface area contributed by atoms with Gasteiger partial charge in [-0.25, -0.2) is 0 Å². The van der Waals surface area contributed by atoms with Crippen LogP contribution in [0.3, 0.4) is 0 Å². The minimum absolute atomic E-state index is 0. The van der Waals surface area contributed by atoms with E-state index < -0.39 is 5.41 Å². The van der Waals surface area contributed by atoms with Crippen LogP contribution in [0.1, 0.15) is 30.1 Å². The molecule has 26 heavy (non-hydrogen) atoms. The number of methoxy groups -OCH3 is 1. The molecule has 0 bridgehead atoms. The second-order valence-electron chi connectivity index (χ2n) is 6.74. The quantitative estimate of drug-likeness (QED) is 0.558. The lowest BCUT2D eigenvalue weighted by Gasteiger charge is -2.24. The molecule has 0 saturated carbocycles. The van der Waals surface area contributed by atoms with Gasteiger partial charge in [-0.2, -0.15) is 0 Å². The van der Waals surface area contributed by atoms with Crippen LogP contribution in [0.4, 0.5) is 0 Å². The van der Waals surface area contributed by atoms with Gasteiger partial charge in [0.25, 0.3) is 5.91 Å². The molecule has 2 aliphatic rings. The van der Waals surface area contributed by atoms with Crippen LogP contribution >= 0.6 is 12.4 Å². The number of fused-ring (bicyclic) bond motifs is 1. The van der Waals surface area contributed by atoms with Crippen LogP contribution < -0.4 is 4.74 Å². The zero-order valence-electron chi connectivity index (χ0n) is 15.2. The number of hydrogen-bond donors (Lipinski definition) is 0. The highest BCUT2D eigenvalue weighted by atomic mass is 35.5. The first kappa shape index (κ1) is 20.5. The lowest BCUT2D eigenvalue weighted by Crippen LogP contribution is -2.41. The number of carbonyl (C=O) groups is 2. The molecule has 1 amide bonds. The number of rotatable bonds is 6. The smallest absolute Gasteiger partial charge is 0.316 e. The summed E-state index contributed by atoms with van der Waals surface area (Å²) in [5, 5.41) is 0. The fraction of sp³-hybridized carbons (Fsp3) is 0.579. The average Bonchev–Trinajstić information content (AvgIpc) is 3.19. The first-order chi connectivity index (χ1) is 12.1. The van der Waals surface area contributed by atoms with Gasteiger partial charge in [0.1, 0.15) is 11.2 Å². The van der Waals surface area contributed by atoms with E-state index in [1.807, 2.05) is 18.2 Å². The monoisotopic (exact) mass is 383 g/mol. The summed E-state index contributed by atoms with van der Waals surface area (Å²) in [5.74, 6) is 0.181. The average molecular weight is 384 g/mol. The van der Waals surface area contributed by atoms with Gasteiger partial charge in [-0.05, 0) is 18.6 Å². The molecule has 7 heteroatoms. The summed E-state index contributed by atoms with van der Waals surface area (Å²) in [6.45, 7) is 4.29. The SMILES string of the molecule is CCCCOc1ccccc1C(=O)N1C[C@H]2COC[C@@]2(C(=O)OC)C1.Cl. The predicted octanol–water partition coefficient (Wildman–Crippen LogP) is 2.55. The Hall–Kier alpha value is -1.79. The van der Waals surface area contributed by atoms with Crippen molar-refractivity contribution in [3.8, 4) is 5.75 Å². The van der Waals surface area contributed by atoms with Crippen LogP contribution in [0.25, 0.3) is 0 Å². The highest BCUT2D eigenvalue weighted by Gasteiger charge is 2.57. The molecule has 2 fully saturated rings. The van der Waals surface area contributed by atoms with E-state index in [0.29, 0.717) is 44.2 Å².